The maximum absolute atomic E-state index is 12.5. The summed E-state index contributed by atoms with van der Waals surface area (Å²) in [5.74, 6) is 0.942. The molecule has 2 aromatic rings. The van der Waals surface area contributed by atoms with Crippen LogP contribution in [-0.4, -0.2) is 45.2 Å². The molecule has 0 unspecified atom stereocenters. The second-order valence-electron chi connectivity index (χ2n) is 5.74. The molecule has 9 heteroatoms. The highest BCUT2D eigenvalue weighted by Gasteiger charge is 2.18. The van der Waals surface area contributed by atoms with Crippen molar-refractivity contribution in [3.05, 3.63) is 60.2 Å². The van der Waals surface area contributed by atoms with Crippen molar-refractivity contribution in [1.82, 2.24) is 10.7 Å². The van der Waals surface area contributed by atoms with Gasteiger partial charge in [0, 0.05) is 6.54 Å². The number of carbonyl (C=O) groups excluding carboxylic acids is 1. The fourth-order valence-corrected chi connectivity index (χ4v) is 2.49. The summed E-state index contributed by atoms with van der Waals surface area (Å²) >= 11 is 5.03. The van der Waals surface area contributed by atoms with Crippen LogP contribution in [0.5, 0.6) is 23.0 Å². The second kappa shape index (κ2) is 11.4. The maximum Gasteiger partial charge on any atom is 0.343 e. The van der Waals surface area contributed by atoms with Crippen molar-refractivity contribution in [3.63, 3.8) is 0 Å². The minimum Gasteiger partial charge on any atom is -0.493 e. The molecule has 30 heavy (non-hydrogen) atoms. The number of nitrogens with one attached hydrogen (secondary N) is 2. The number of ether oxygens (including phenoxy) is 4. The lowest BCUT2D eigenvalue weighted by Crippen LogP contribution is -2.31. The van der Waals surface area contributed by atoms with E-state index in [1.807, 2.05) is 0 Å². The van der Waals surface area contributed by atoms with Gasteiger partial charge in [0.05, 0.1) is 33.1 Å². The van der Waals surface area contributed by atoms with Gasteiger partial charge in [-0.05, 0) is 54.2 Å². The van der Waals surface area contributed by atoms with Gasteiger partial charge in [-0.3, -0.25) is 5.43 Å². The number of rotatable bonds is 9. The van der Waals surface area contributed by atoms with Crippen molar-refractivity contribution < 1.29 is 23.7 Å². The van der Waals surface area contributed by atoms with Crippen LogP contribution in [0.15, 0.2) is 54.2 Å². The summed E-state index contributed by atoms with van der Waals surface area (Å²) in [5.41, 5.74) is 3.74. The molecule has 0 saturated heterocycles. The van der Waals surface area contributed by atoms with Crippen LogP contribution in [0, 0.1) is 0 Å². The third kappa shape index (κ3) is 6.21. The Morgan fingerprint density at radius 3 is 2.27 bits per heavy atom. The van der Waals surface area contributed by atoms with Crippen molar-refractivity contribution in [3.8, 4) is 23.0 Å². The van der Waals surface area contributed by atoms with Crippen LogP contribution in [0.1, 0.15) is 15.9 Å². The molecule has 0 fully saturated rings. The molecule has 0 aliphatic rings. The van der Waals surface area contributed by atoms with Crippen molar-refractivity contribution in [2.45, 2.75) is 0 Å². The summed E-state index contributed by atoms with van der Waals surface area (Å²) in [6.45, 7) is 4.14. The molecular weight excluding hydrogens is 406 g/mol. The van der Waals surface area contributed by atoms with Gasteiger partial charge in [-0.2, -0.15) is 5.10 Å². The lowest BCUT2D eigenvalue weighted by atomic mass is 10.2. The number of methoxy groups -OCH3 is 3. The van der Waals surface area contributed by atoms with Gasteiger partial charge < -0.3 is 24.3 Å². The van der Waals surface area contributed by atoms with E-state index in [1.54, 1.807) is 36.6 Å². The van der Waals surface area contributed by atoms with E-state index in [2.05, 4.69) is 22.4 Å². The van der Waals surface area contributed by atoms with E-state index in [4.69, 9.17) is 31.2 Å². The minimum atomic E-state index is -0.559. The van der Waals surface area contributed by atoms with Gasteiger partial charge in [0.2, 0.25) is 5.75 Å². The molecule has 0 aliphatic heterocycles. The molecule has 0 saturated carbocycles. The van der Waals surface area contributed by atoms with Gasteiger partial charge in [0.1, 0.15) is 5.75 Å². The number of nitrogens with zero attached hydrogens (tertiary/aromatic N) is 1. The molecular formula is C21H23N3O5S. The highest BCUT2D eigenvalue weighted by molar-refractivity contribution is 7.80. The van der Waals surface area contributed by atoms with E-state index >= 15 is 0 Å². The third-order valence-electron chi connectivity index (χ3n) is 3.78. The van der Waals surface area contributed by atoms with Gasteiger partial charge in [-0.1, -0.05) is 6.08 Å². The summed E-state index contributed by atoms with van der Waals surface area (Å²) in [5, 5.41) is 7.31. The zero-order chi connectivity index (χ0) is 21.9. The smallest absolute Gasteiger partial charge is 0.343 e. The van der Waals surface area contributed by atoms with Crippen molar-refractivity contribution in [2.24, 2.45) is 5.10 Å². The van der Waals surface area contributed by atoms with E-state index in [9.17, 15) is 4.79 Å². The number of benzene rings is 2. The highest BCUT2D eigenvalue weighted by Crippen LogP contribution is 2.38. The standard InChI is InChI=1S/C21H23N3O5S/c1-5-10-22-21(30)24-23-13-14-6-8-16(9-7-14)29-20(25)15-11-17(26-2)19(28-4)18(12-15)27-3/h5-9,11-13H,1,10H2,2-4H3,(H2,22,24,30). The molecule has 0 heterocycles. The average Bonchev–Trinajstić information content (AvgIpc) is 2.77. The summed E-state index contributed by atoms with van der Waals surface area (Å²) in [7, 11) is 4.44. The SMILES string of the molecule is C=CCNC(=S)NN=Cc1ccc(OC(=O)c2cc(OC)c(OC)c(OC)c2)cc1. The number of esters is 1. The molecule has 0 bridgehead atoms. The molecule has 0 spiro atoms. The molecule has 0 atom stereocenters. The topological polar surface area (TPSA) is 90.4 Å². The highest BCUT2D eigenvalue weighted by atomic mass is 32.1. The summed E-state index contributed by atoms with van der Waals surface area (Å²) in [6.07, 6.45) is 3.28. The monoisotopic (exact) mass is 429 g/mol. The number of hydrogen-bond acceptors (Lipinski definition) is 7. The first-order valence-electron chi connectivity index (χ1n) is 8.82. The van der Waals surface area contributed by atoms with Crippen LogP contribution < -0.4 is 29.7 Å². The Kier molecular flexibility index (Phi) is 8.64. The summed E-state index contributed by atoms with van der Waals surface area (Å²) < 4.78 is 21.2. The molecule has 8 nitrogen and oxygen atoms in total. The summed E-state index contributed by atoms with van der Waals surface area (Å²) in [6, 6.07) is 9.88. The Morgan fingerprint density at radius 1 is 1.10 bits per heavy atom. The quantitative estimate of drug-likeness (QED) is 0.157. The predicted molar refractivity (Wildman–Crippen MR) is 119 cm³/mol. The molecule has 0 radical (unpaired) electrons. The van der Waals surface area contributed by atoms with E-state index < -0.39 is 5.97 Å². The molecule has 2 N–H and O–H groups in total. The Bertz CT molecular complexity index is 904. The van der Waals surface area contributed by atoms with E-state index in [1.165, 1.54) is 33.5 Å². The Hall–Kier alpha value is -3.59. The molecule has 2 rings (SSSR count). The number of hydrazone groups is 1. The van der Waals surface area contributed by atoms with Gasteiger partial charge in [0.15, 0.2) is 16.6 Å². The lowest BCUT2D eigenvalue weighted by Gasteiger charge is -2.13. The van der Waals surface area contributed by atoms with Crippen molar-refractivity contribution in [2.75, 3.05) is 27.9 Å². The van der Waals surface area contributed by atoms with E-state index in [0.29, 0.717) is 34.7 Å². The first-order chi connectivity index (χ1) is 14.5. The fraction of sp³-hybridized carbons (Fsp3) is 0.190. The molecule has 0 aliphatic carbocycles. The van der Waals surface area contributed by atoms with E-state index in [-0.39, 0.29) is 5.56 Å². The van der Waals surface area contributed by atoms with Crippen LogP contribution in [0.4, 0.5) is 0 Å². The Balaban J connectivity index is 2.04. The average molecular weight is 429 g/mol. The number of thiocarbonyl (C=S) groups is 1. The van der Waals surface area contributed by atoms with Crippen molar-refractivity contribution in [1.29, 1.82) is 0 Å². The zero-order valence-electron chi connectivity index (χ0n) is 16.9. The molecule has 0 aromatic heterocycles. The van der Waals surface area contributed by atoms with Crippen LogP contribution >= 0.6 is 12.2 Å². The molecule has 158 valence electrons. The van der Waals surface area contributed by atoms with Crippen LogP contribution in [0.2, 0.25) is 0 Å². The zero-order valence-corrected chi connectivity index (χ0v) is 17.7. The maximum atomic E-state index is 12.5. The first kappa shape index (κ1) is 22.7. The van der Waals surface area contributed by atoms with Gasteiger partial charge in [0.25, 0.3) is 0 Å². The molecule has 0 amide bonds. The van der Waals surface area contributed by atoms with Crippen molar-refractivity contribution >= 4 is 29.5 Å². The van der Waals surface area contributed by atoms with Crippen LogP contribution in [0.25, 0.3) is 0 Å². The van der Waals surface area contributed by atoms with Crippen LogP contribution in [0.3, 0.4) is 0 Å². The van der Waals surface area contributed by atoms with Gasteiger partial charge >= 0.3 is 5.97 Å². The Labute approximate surface area is 180 Å². The number of hydrogen-bond donors (Lipinski definition) is 2. The Morgan fingerprint density at radius 2 is 1.73 bits per heavy atom. The summed E-state index contributed by atoms with van der Waals surface area (Å²) in [4.78, 5) is 12.5. The normalized spacial score (nSPS) is 10.2. The second-order valence-corrected chi connectivity index (χ2v) is 6.15. The van der Waals surface area contributed by atoms with Crippen LogP contribution in [-0.2, 0) is 0 Å². The largest absolute Gasteiger partial charge is 0.493 e. The molecule has 2 aromatic carbocycles. The predicted octanol–water partition coefficient (Wildman–Crippen LogP) is 2.92. The first-order valence-corrected chi connectivity index (χ1v) is 9.23. The number of carbonyl (C=O) groups is 1. The lowest BCUT2D eigenvalue weighted by molar-refractivity contribution is 0.0734. The van der Waals surface area contributed by atoms with Gasteiger partial charge in [-0.25, -0.2) is 4.79 Å². The minimum absolute atomic E-state index is 0.264. The third-order valence-corrected chi connectivity index (χ3v) is 4.01. The van der Waals surface area contributed by atoms with E-state index in [0.717, 1.165) is 5.56 Å². The van der Waals surface area contributed by atoms with Gasteiger partial charge in [-0.15, -0.1) is 6.58 Å². The fourth-order valence-electron chi connectivity index (χ4n) is 2.36.